The Morgan fingerprint density at radius 3 is 2.39 bits per heavy atom. The number of hydrogen-bond acceptors (Lipinski definition) is 2. The highest BCUT2D eigenvalue weighted by Crippen LogP contribution is 2.26. The molecule has 1 N–H and O–H groups in total. The zero-order valence-corrected chi connectivity index (χ0v) is 14.4. The summed E-state index contributed by atoms with van der Waals surface area (Å²) in [6, 6.07) is 12.9. The second-order valence-electron chi connectivity index (χ2n) is 7.06. The predicted octanol–water partition coefficient (Wildman–Crippen LogP) is 5.12. The van der Waals surface area contributed by atoms with Crippen LogP contribution in [-0.2, 0) is 5.41 Å². The van der Waals surface area contributed by atoms with Crippen LogP contribution in [0.4, 0.5) is 5.69 Å². The van der Waals surface area contributed by atoms with Crippen LogP contribution in [0.25, 0.3) is 16.9 Å². The van der Waals surface area contributed by atoms with E-state index in [0.29, 0.717) is 0 Å². The normalized spacial score (nSPS) is 11.8. The van der Waals surface area contributed by atoms with Gasteiger partial charge in [-0.1, -0.05) is 52.0 Å². The summed E-state index contributed by atoms with van der Waals surface area (Å²) in [6.07, 6.45) is 5.32. The minimum atomic E-state index is 0.178. The molecule has 2 aromatic heterocycles. The quantitative estimate of drug-likeness (QED) is 0.725. The fourth-order valence-corrected chi connectivity index (χ4v) is 2.65. The van der Waals surface area contributed by atoms with Crippen molar-refractivity contribution in [1.29, 1.82) is 0 Å². The number of nitrogens with zero attached hydrogens (tertiary/aromatic N) is 2. The minimum Gasteiger partial charge on any atom is -0.384 e. The van der Waals surface area contributed by atoms with E-state index >= 15 is 0 Å². The van der Waals surface area contributed by atoms with Crippen molar-refractivity contribution in [2.75, 3.05) is 11.9 Å². The number of hydrogen-bond donors (Lipinski definition) is 1. The number of aromatic nitrogens is 2. The smallest absolute Gasteiger partial charge is 0.137 e. The minimum absolute atomic E-state index is 0.178. The van der Waals surface area contributed by atoms with Gasteiger partial charge in [0, 0.05) is 24.5 Å². The van der Waals surface area contributed by atoms with Gasteiger partial charge < -0.3 is 9.72 Å². The van der Waals surface area contributed by atoms with Crippen LogP contribution in [-0.4, -0.2) is 15.9 Å². The highest BCUT2D eigenvalue weighted by molar-refractivity contribution is 5.64. The third kappa shape index (κ3) is 3.39. The van der Waals surface area contributed by atoms with Gasteiger partial charge in [0.1, 0.15) is 5.65 Å². The largest absolute Gasteiger partial charge is 0.384 e. The molecule has 0 fully saturated rings. The number of imidazole rings is 1. The topological polar surface area (TPSA) is 29.3 Å². The summed E-state index contributed by atoms with van der Waals surface area (Å²) in [5.74, 6) is 0. The van der Waals surface area contributed by atoms with Crippen LogP contribution in [0.2, 0.25) is 0 Å². The summed E-state index contributed by atoms with van der Waals surface area (Å²) in [7, 11) is 0. The van der Waals surface area contributed by atoms with E-state index < -0.39 is 0 Å². The van der Waals surface area contributed by atoms with Gasteiger partial charge >= 0.3 is 0 Å². The molecule has 120 valence electrons. The molecule has 0 amide bonds. The van der Waals surface area contributed by atoms with Crippen LogP contribution in [0.1, 0.15) is 39.7 Å². The SMILES string of the molecule is CCCNc1ccc2nc(-c3ccc(C(C)(C)C)cc3)cn2c1. The van der Waals surface area contributed by atoms with Crippen molar-refractivity contribution >= 4 is 11.3 Å². The lowest BCUT2D eigenvalue weighted by atomic mass is 9.86. The van der Waals surface area contributed by atoms with Crippen LogP contribution in [0, 0.1) is 0 Å². The fourth-order valence-electron chi connectivity index (χ4n) is 2.65. The summed E-state index contributed by atoms with van der Waals surface area (Å²) in [5, 5.41) is 3.41. The Balaban J connectivity index is 1.90. The molecule has 0 aliphatic carbocycles. The maximum absolute atomic E-state index is 4.73. The van der Waals surface area contributed by atoms with Crippen molar-refractivity contribution in [2.24, 2.45) is 0 Å². The van der Waals surface area contributed by atoms with E-state index in [0.717, 1.165) is 35.6 Å². The second kappa shape index (κ2) is 6.07. The summed E-state index contributed by atoms with van der Waals surface area (Å²) in [4.78, 5) is 4.73. The average molecular weight is 307 g/mol. The number of benzene rings is 1. The molecule has 3 aromatic rings. The van der Waals surface area contributed by atoms with E-state index in [2.05, 4.69) is 86.2 Å². The van der Waals surface area contributed by atoms with Gasteiger partial charge in [-0.15, -0.1) is 0 Å². The average Bonchev–Trinajstić information content (AvgIpc) is 2.95. The third-order valence-electron chi connectivity index (χ3n) is 4.08. The van der Waals surface area contributed by atoms with Gasteiger partial charge in [-0.2, -0.15) is 0 Å². The third-order valence-corrected chi connectivity index (χ3v) is 4.08. The maximum Gasteiger partial charge on any atom is 0.137 e. The van der Waals surface area contributed by atoms with Gasteiger partial charge in [-0.3, -0.25) is 0 Å². The Hall–Kier alpha value is -2.29. The van der Waals surface area contributed by atoms with Gasteiger partial charge in [0.25, 0.3) is 0 Å². The Morgan fingerprint density at radius 2 is 1.74 bits per heavy atom. The Labute approximate surface area is 138 Å². The first-order valence-corrected chi connectivity index (χ1v) is 8.31. The molecule has 0 spiro atoms. The van der Waals surface area contributed by atoms with Crippen molar-refractivity contribution in [2.45, 2.75) is 39.5 Å². The van der Waals surface area contributed by atoms with Crippen molar-refractivity contribution in [3.05, 3.63) is 54.4 Å². The Bertz CT molecular complexity index is 792. The van der Waals surface area contributed by atoms with Crippen molar-refractivity contribution < 1.29 is 0 Å². The standard InChI is InChI=1S/C20H25N3/c1-5-12-21-17-10-11-19-22-18(14-23(19)13-17)15-6-8-16(9-7-15)20(2,3)4/h6-11,13-14,21H,5,12H2,1-4H3. The molecule has 0 radical (unpaired) electrons. The molecule has 0 saturated carbocycles. The van der Waals surface area contributed by atoms with Crippen molar-refractivity contribution in [3.8, 4) is 11.3 Å². The van der Waals surface area contributed by atoms with Gasteiger partial charge in [-0.05, 0) is 29.5 Å². The van der Waals surface area contributed by atoms with E-state index in [1.54, 1.807) is 0 Å². The predicted molar refractivity (Wildman–Crippen MR) is 98.1 cm³/mol. The molecular formula is C20H25N3. The molecule has 0 unspecified atom stereocenters. The fraction of sp³-hybridized carbons (Fsp3) is 0.350. The first-order valence-electron chi connectivity index (χ1n) is 8.31. The molecule has 1 aromatic carbocycles. The molecule has 0 atom stereocenters. The van der Waals surface area contributed by atoms with Gasteiger partial charge in [-0.25, -0.2) is 4.98 Å². The maximum atomic E-state index is 4.73. The van der Waals surface area contributed by atoms with E-state index in [9.17, 15) is 0 Å². The Kier molecular flexibility index (Phi) is 4.12. The molecule has 2 heterocycles. The highest BCUT2D eigenvalue weighted by Gasteiger charge is 2.13. The van der Waals surface area contributed by atoms with E-state index in [1.165, 1.54) is 5.56 Å². The molecule has 0 bridgehead atoms. The molecule has 0 aliphatic rings. The van der Waals surface area contributed by atoms with Crippen molar-refractivity contribution in [3.63, 3.8) is 0 Å². The molecule has 0 saturated heterocycles. The summed E-state index contributed by atoms with van der Waals surface area (Å²) >= 11 is 0. The molecular weight excluding hydrogens is 282 g/mol. The van der Waals surface area contributed by atoms with Gasteiger partial charge in [0.15, 0.2) is 0 Å². The van der Waals surface area contributed by atoms with Crippen LogP contribution in [0.15, 0.2) is 48.8 Å². The van der Waals surface area contributed by atoms with Crippen LogP contribution in [0.5, 0.6) is 0 Å². The van der Waals surface area contributed by atoms with Gasteiger partial charge in [0.2, 0.25) is 0 Å². The van der Waals surface area contributed by atoms with E-state index in [-0.39, 0.29) is 5.41 Å². The molecule has 0 aliphatic heterocycles. The van der Waals surface area contributed by atoms with Crippen molar-refractivity contribution in [1.82, 2.24) is 9.38 Å². The number of pyridine rings is 1. The summed E-state index contributed by atoms with van der Waals surface area (Å²) in [6.45, 7) is 9.86. The number of fused-ring (bicyclic) bond motifs is 1. The number of rotatable bonds is 4. The lowest BCUT2D eigenvalue weighted by Gasteiger charge is -2.18. The zero-order chi connectivity index (χ0) is 16.4. The summed E-state index contributed by atoms with van der Waals surface area (Å²) in [5.41, 5.74) is 5.80. The van der Waals surface area contributed by atoms with Gasteiger partial charge in [0.05, 0.1) is 11.4 Å². The molecule has 3 nitrogen and oxygen atoms in total. The molecule has 3 heteroatoms. The Morgan fingerprint density at radius 1 is 1.00 bits per heavy atom. The zero-order valence-electron chi connectivity index (χ0n) is 14.4. The molecule has 3 rings (SSSR count). The lowest BCUT2D eigenvalue weighted by Crippen LogP contribution is -2.10. The monoisotopic (exact) mass is 307 g/mol. The second-order valence-corrected chi connectivity index (χ2v) is 7.06. The van der Waals surface area contributed by atoms with E-state index in [1.807, 2.05) is 0 Å². The lowest BCUT2D eigenvalue weighted by molar-refractivity contribution is 0.590. The number of nitrogens with one attached hydrogen (secondary N) is 1. The van der Waals surface area contributed by atoms with E-state index in [4.69, 9.17) is 4.98 Å². The summed E-state index contributed by atoms with van der Waals surface area (Å²) < 4.78 is 2.09. The van der Waals surface area contributed by atoms with Crippen LogP contribution in [0.3, 0.4) is 0 Å². The van der Waals surface area contributed by atoms with Crippen LogP contribution >= 0.6 is 0 Å². The number of anilines is 1. The van der Waals surface area contributed by atoms with Crippen LogP contribution < -0.4 is 5.32 Å². The highest BCUT2D eigenvalue weighted by atomic mass is 15.0. The molecule has 23 heavy (non-hydrogen) atoms. The first kappa shape index (κ1) is 15.6. The first-order chi connectivity index (χ1) is 11.0.